The van der Waals surface area contributed by atoms with Gasteiger partial charge in [-0.15, -0.1) is 0 Å². The van der Waals surface area contributed by atoms with Crippen LogP contribution in [0.5, 0.6) is 0 Å². The SMILES string of the molecule is C=C(C)C(C)(C)C(=O)NC1=CC(C(C)(C)C(C)O)=NC1. The number of carbonyl (C=O) groups excluding carboxylic acids is 1. The smallest absolute Gasteiger partial charge is 0.233 e. The second-order valence-corrected chi connectivity index (χ2v) is 6.63. The van der Waals surface area contributed by atoms with E-state index >= 15 is 0 Å². The second kappa shape index (κ2) is 5.52. The molecule has 0 saturated carbocycles. The molecule has 4 nitrogen and oxygen atoms in total. The maximum absolute atomic E-state index is 12.2. The molecule has 1 amide bonds. The molecular weight excluding hydrogens is 252 g/mol. The normalized spacial score (nSPS) is 17.4. The van der Waals surface area contributed by atoms with Crippen LogP contribution in [0.2, 0.25) is 0 Å². The topological polar surface area (TPSA) is 61.7 Å². The number of aliphatic hydroxyl groups is 1. The molecule has 1 aliphatic rings. The Hall–Kier alpha value is -1.42. The summed E-state index contributed by atoms with van der Waals surface area (Å²) in [7, 11) is 0. The standard InChI is InChI=1S/C16H26N2O2/c1-10(2)15(4,5)14(20)18-12-8-13(17-9-12)16(6,7)11(3)19/h8,11,19H,1,9H2,2-7H3,(H,18,20). The number of rotatable bonds is 5. The van der Waals surface area contributed by atoms with Crippen LogP contribution in [-0.4, -0.2) is 29.4 Å². The predicted octanol–water partition coefficient (Wildman–Crippen LogP) is 2.45. The number of hydrogen-bond acceptors (Lipinski definition) is 3. The van der Waals surface area contributed by atoms with Crippen molar-refractivity contribution in [2.75, 3.05) is 6.54 Å². The van der Waals surface area contributed by atoms with Gasteiger partial charge in [0.05, 0.1) is 18.1 Å². The van der Waals surface area contributed by atoms with Crippen molar-refractivity contribution in [3.63, 3.8) is 0 Å². The largest absolute Gasteiger partial charge is 0.392 e. The molecule has 2 N–H and O–H groups in total. The fourth-order valence-corrected chi connectivity index (χ4v) is 1.60. The summed E-state index contributed by atoms with van der Waals surface area (Å²) < 4.78 is 0. The molecule has 1 aliphatic heterocycles. The minimum Gasteiger partial charge on any atom is -0.392 e. The van der Waals surface area contributed by atoms with Crippen molar-refractivity contribution in [2.45, 2.75) is 47.6 Å². The number of allylic oxidation sites excluding steroid dienone is 1. The molecule has 0 aromatic carbocycles. The maximum Gasteiger partial charge on any atom is 0.233 e. The summed E-state index contributed by atoms with van der Waals surface area (Å²) >= 11 is 0. The average molecular weight is 278 g/mol. The summed E-state index contributed by atoms with van der Waals surface area (Å²) in [5.74, 6) is -0.0810. The monoisotopic (exact) mass is 278 g/mol. The average Bonchev–Trinajstić information content (AvgIpc) is 2.77. The number of amides is 1. The van der Waals surface area contributed by atoms with Gasteiger partial charge in [0, 0.05) is 16.8 Å². The summed E-state index contributed by atoms with van der Waals surface area (Å²) in [6.07, 6.45) is 1.36. The molecule has 0 aromatic heterocycles. The fourth-order valence-electron chi connectivity index (χ4n) is 1.60. The lowest BCUT2D eigenvalue weighted by Crippen LogP contribution is -2.37. The third-order valence-electron chi connectivity index (χ3n) is 4.34. The zero-order valence-electron chi connectivity index (χ0n) is 13.4. The first-order valence-electron chi connectivity index (χ1n) is 6.90. The van der Waals surface area contributed by atoms with Gasteiger partial charge in [0.25, 0.3) is 0 Å². The van der Waals surface area contributed by atoms with Crippen LogP contribution < -0.4 is 5.32 Å². The Bertz CT molecular complexity index is 483. The Morgan fingerprint density at radius 3 is 2.45 bits per heavy atom. The molecule has 4 heteroatoms. The zero-order chi connectivity index (χ0) is 15.7. The Morgan fingerprint density at radius 2 is 2.00 bits per heavy atom. The highest BCUT2D eigenvalue weighted by molar-refractivity contribution is 6.02. The van der Waals surface area contributed by atoms with Crippen LogP contribution in [-0.2, 0) is 4.79 Å². The molecule has 0 aromatic rings. The van der Waals surface area contributed by atoms with E-state index < -0.39 is 16.9 Å². The van der Waals surface area contributed by atoms with Gasteiger partial charge in [0.15, 0.2) is 0 Å². The first-order valence-corrected chi connectivity index (χ1v) is 6.90. The predicted molar refractivity (Wildman–Crippen MR) is 82.6 cm³/mol. The van der Waals surface area contributed by atoms with Crippen LogP contribution in [0.1, 0.15) is 41.5 Å². The van der Waals surface area contributed by atoms with Crippen molar-refractivity contribution in [3.05, 3.63) is 23.9 Å². The number of aliphatic imine (C=N–C) groups is 1. The number of nitrogens with zero attached hydrogens (tertiary/aromatic N) is 1. The van der Waals surface area contributed by atoms with Gasteiger partial charge in [0.1, 0.15) is 0 Å². The molecule has 0 aliphatic carbocycles. The molecule has 20 heavy (non-hydrogen) atoms. The van der Waals surface area contributed by atoms with Crippen molar-refractivity contribution < 1.29 is 9.90 Å². The molecule has 0 bridgehead atoms. The lowest BCUT2D eigenvalue weighted by atomic mass is 9.82. The minimum atomic E-state index is -0.608. The lowest BCUT2D eigenvalue weighted by molar-refractivity contribution is -0.126. The Labute approximate surface area is 121 Å². The molecule has 112 valence electrons. The highest BCUT2D eigenvalue weighted by atomic mass is 16.3. The van der Waals surface area contributed by atoms with Gasteiger partial charge < -0.3 is 10.4 Å². The van der Waals surface area contributed by atoms with E-state index in [1.807, 2.05) is 40.7 Å². The third-order valence-corrected chi connectivity index (χ3v) is 4.34. The van der Waals surface area contributed by atoms with E-state index in [2.05, 4.69) is 16.9 Å². The molecule has 0 spiro atoms. The molecule has 1 rings (SSSR count). The van der Waals surface area contributed by atoms with Crippen LogP contribution in [0.4, 0.5) is 0 Å². The van der Waals surface area contributed by atoms with Gasteiger partial charge in [-0.05, 0) is 33.8 Å². The third kappa shape index (κ3) is 3.18. The van der Waals surface area contributed by atoms with E-state index in [-0.39, 0.29) is 5.91 Å². The highest BCUT2D eigenvalue weighted by Gasteiger charge is 2.33. The summed E-state index contributed by atoms with van der Waals surface area (Å²) in [4.78, 5) is 16.7. The first-order chi connectivity index (χ1) is 8.99. The summed E-state index contributed by atoms with van der Waals surface area (Å²) in [6.45, 7) is 15.5. The number of nitrogens with one attached hydrogen (secondary N) is 1. The lowest BCUT2D eigenvalue weighted by Gasteiger charge is -2.27. The minimum absolute atomic E-state index is 0.0810. The van der Waals surface area contributed by atoms with Crippen LogP contribution >= 0.6 is 0 Å². The van der Waals surface area contributed by atoms with Crippen LogP contribution in [0.15, 0.2) is 28.9 Å². The summed E-state index contributed by atoms with van der Waals surface area (Å²) in [6, 6.07) is 0. The van der Waals surface area contributed by atoms with Gasteiger partial charge in [-0.1, -0.05) is 26.0 Å². The zero-order valence-corrected chi connectivity index (χ0v) is 13.4. The fraction of sp³-hybridized carbons (Fsp3) is 0.625. The number of hydrogen-bond donors (Lipinski definition) is 2. The van der Waals surface area contributed by atoms with Gasteiger partial charge in [0.2, 0.25) is 5.91 Å². The Kier molecular flexibility index (Phi) is 4.59. The van der Waals surface area contributed by atoms with E-state index in [4.69, 9.17) is 0 Å². The van der Waals surface area contributed by atoms with Crippen molar-refractivity contribution in [2.24, 2.45) is 15.8 Å². The van der Waals surface area contributed by atoms with Gasteiger partial charge in [-0.2, -0.15) is 0 Å². The van der Waals surface area contributed by atoms with E-state index in [0.717, 1.165) is 17.0 Å². The van der Waals surface area contributed by atoms with Crippen molar-refractivity contribution in [1.82, 2.24) is 5.32 Å². The Morgan fingerprint density at radius 1 is 1.45 bits per heavy atom. The van der Waals surface area contributed by atoms with Crippen molar-refractivity contribution in [1.29, 1.82) is 0 Å². The Balaban J connectivity index is 2.80. The molecule has 0 radical (unpaired) electrons. The summed E-state index contributed by atoms with van der Waals surface area (Å²) in [5, 5.41) is 12.7. The van der Waals surface area contributed by atoms with Gasteiger partial charge in [-0.25, -0.2) is 0 Å². The number of aliphatic hydroxyl groups excluding tert-OH is 1. The van der Waals surface area contributed by atoms with Crippen LogP contribution in [0.25, 0.3) is 0 Å². The quantitative estimate of drug-likeness (QED) is 0.759. The van der Waals surface area contributed by atoms with Gasteiger partial charge in [-0.3, -0.25) is 9.79 Å². The van der Waals surface area contributed by atoms with E-state index in [9.17, 15) is 9.90 Å². The second-order valence-electron chi connectivity index (χ2n) is 6.63. The molecular formula is C16H26N2O2. The molecule has 0 fully saturated rings. The van der Waals surface area contributed by atoms with E-state index in [0.29, 0.717) is 6.54 Å². The van der Waals surface area contributed by atoms with E-state index in [1.54, 1.807) is 6.92 Å². The van der Waals surface area contributed by atoms with Crippen molar-refractivity contribution >= 4 is 11.6 Å². The van der Waals surface area contributed by atoms with E-state index in [1.165, 1.54) is 0 Å². The first kappa shape index (κ1) is 16.6. The molecule has 1 unspecified atom stereocenters. The van der Waals surface area contributed by atoms with Crippen molar-refractivity contribution in [3.8, 4) is 0 Å². The summed E-state index contributed by atoms with van der Waals surface area (Å²) in [5.41, 5.74) is 1.38. The van der Waals surface area contributed by atoms with Crippen LogP contribution in [0.3, 0.4) is 0 Å². The maximum atomic E-state index is 12.2. The van der Waals surface area contributed by atoms with Crippen LogP contribution in [0, 0.1) is 10.8 Å². The molecule has 1 atom stereocenters. The number of carbonyl (C=O) groups is 1. The molecule has 0 saturated heterocycles. The highest BCUT2D eigenvalue weighted by Crippen LogP contribution is 2.28. The van der Waals surface area contributed by atoms with Gasteiger partial charge >= 0.3 is 0 Å². The molecule has 1 heterocycles.